The molecule has 2 heterocycles. The minimum Gasteiger partial charge on any atom is -0.478 e. The van der Waals surface area contributed by atoms with E-state index in [-0.39, 0.29) is 10.8 Å². The number of aromatic carboxylic acids is 1. The van der Waals surface area contributed by atoms with Gasteiger partial charge in [0.25, 0.3) is 11.1 Å². The second-order valence-electron chi connectivity index (χ2n) is 4.48. The molecule has 5 nitrogen and oxygen atoms in total. The molecule has 22 heavy (non-hydrogen) atoms. The van der Waals surface area contributed by atoms with Crippen molar-refractivity contribution in [1.82, 2.24) is 5.32 Å². The van der Waals surface area contributed by atoms with Gasteiger partial charge in [0, 0.05) is 4.88 Å². The number of benzene rings is 1. The van der Waals surface area contributed by atoms with Crippen molar-refractivity contribution in [3.05, 3.63) is 51.1 Å². The maximum atomic E-state index is 11.5. The van der Waals surface area contributed by atoms with Gasteiger partial charge in [-0.2, -0.15) is 0 Å². The molecule has 0 spiro atoms. The third kappa shape index (κ3) is 2.95. The van der Waals surface area contributed by atoms with Gasteiger partial charge in [-0.05, 0) is 52.5 Å². The number of carbonyl (C=O) groups excluding carboxylic acids is 2. The van der Waals surface area contributed by atoms with Crippen molar-refractivity contribution in [1.29, 1.82) is 0 Å². The summed E-state index contributed by atoms with van der Waals surface area (Å²) in [6, 6.07) is 8.50. The first-order chi connectivity index (χ1) is 10.5. The Morgan fingerprint density at radius 2 is 2.00 bits per heavy atom. The molecule has 1 aliphatic heterocycles. The standard InChI is InChI=1S/C15H9NO4S2/c17-13-12(22-15(20)16-13)6-11-5-10(7-21-11)8-2-1-3-9(4-8)14(18)19/h1-7H,(H,18,19)(H,16,17,20)/b12-6+. The normalized spacial score (nSPS) is 16.1. The largest absolute Gasteiger partial charge is 0.478 e. The fraction of sp³-hybridized carbons (Fsp3) is 0. The van der Waals surface area contributed by atoms with E-state index in [1.54, 1.807) is 18.2 Å². The Morgan fingerprint density at radius 1 is 1.18 bits per heavy atom. The van der Waals surface area contributed by atoms with Crippen molar-refractivity contribution in [2.24, 2.45) is 0 Å². The molecule has 0 atom stereocenters. The van der Waals surface area contributed by atoms with Crippen LogP contribution in [0.3, 0.4) is 0 Å². The number of hydrogen-bond donors (Lipinski definition) is 2. The lowest BCUT2D eigenvalue weighted by Crippen LogP contribution is -2.17. The zero-order valence-corrected chi connectivity index (χ0v) is 12.7. The zero-order valence-electron chi connectivity index (χ0n) is 11.0. The second-order valence-corrected chi connectivity index (χ2v) is 6.43. The van der Waals surface area contributed by atoms with Crippen molar-refractivity contribution in [2.45, 2.75) is 0 Å². The molecule has 0 radical (unpaired) electrons. The summed E-state index contributed by atoms with van der Waals surface area (Å²) in [6.07, 6.45) is 1.65. The Morgan fingerprint density at radius 3 is 2.68 bits per heavy atom. The van der Waals surface area contributed by atoms with Gasteiger partial charge in [-0.15, -0.1) is 11.3 Å². The molecular weight excluding hydrogens is 322 g/mol. The first kappa shape index (κ1) is 14.6. The molecule has 0 bridgehead atoms. The average Bonchev–Trinajstić information content (AvgIpc) is 3.06. The molecule has 0 saturated carbocycles. The Bertz CT molecular complexity index is 822. The van der Waals surface area contributed by atoms with Crippen molar-refractivity contribution in [3.8, 4) is 11.1 Å². The van der Waals surface area contributed by atoms with Gasteiger partial charge in [0.15, 0.2) is 0 Å². The Kier molecular flexibility index (Phi) is 3.82. The molecule has 2 aromatic rings. The summed E-state index contributed by atoms with van der Waals surface area (Å²) in [4.78, 5) is 34.8. The Balaban J connectivity index is 1.90. The predicted molar refractivity (Wildman–Crippen MR) is 85.8 cm³/mol. The van der Waals surface area contributed by atoms with E-state index >= 15 is 0 Å². The summed E-state index contributed by atoms with van der Waals surface area (Å²) in [5, 5.41) is 12.7. The number of rotatable bonds is 3. The van der Waals surface area contributed by atoms with Gasteiger partial charge >= 0.3 is 5.97 Å². The lowest BCUT2D eigenvalue weighted by Gasteiger charge is -1.99. The SMILES string of the molecule is O=C1NC(=O)/C(=C\c2cc(-c3cccc(C(=O)O)c3)cs2)S1. The van der Waals surface area contributed by atoms with Crippen LogP contribution in [0.2, 0.25) is 0 Å². The number of thioether (sulfide) groups is 1. The van der Waals surface area contributed by atoms with Crippen molar-refractivity contribution in [3.63, 3.8) is 0 Å². The number of nitrogens with one attached hydrogen (secondary N) is 1. The number of carboxylic acids is 1. The molecule has 0 aliphatic carbocycles. The molecule has 110 valence electrons. The van der Waals surface area contributed by atoms with Gasteiger partial charge in [-0.1, -0.05) is 12.1 Å². The average molecular weight is 331 g/mol. The number of carboxylic acid groups (broad SMARTS) is 1. The highest BCUT2D eigenvalue weighted by atomic mass is 32.2. The van der Waals surface area contributed by atoms with Crippen LogP contribution < -0.4 is 5.32 Å². The number of hydrogen-bond acceptors (Lipinski definition) is 5. The smallest absolute Gasteiger partial charge is 0.335 e. The van der Waals surface area contributed by atoms with Crippen LogP contribution in [0.15, 0.2) is 40.6 Å². The molecule has 1 aromatic heterocycles. The monoisotopic (exact) mass is 331 g/mol. The van der Waals surface area contributed by atoms with E-state index in [9.17, 15) is 14.4 Å². The van der Waals surface area contributed by atoms with E-state index < -0.39 is 11.9 Å². The number of thiophene rings is 1. The van der Waals surface area contributed by atoms with E-state index in [2.05, 4.69) is 5.32 Å². The van der Waals surface area contributed by atoms with Crippen LogP contribution in [-0.2, 0) is 4.79 Å². The highest BCUT2D eigenvalue weighted by Crippen LogP contribution is 2.31. The molecule has 1 aliphatic rings. The summed E-state index contributed by atoms with van der Waals surface area (Å²) in [5.74, 6) is -1.37. The van der Waals surface area contributed by atoms with Crippen molar-refractivity contribution in [2.75, 3.05) is 0 Å². The topological polar surface area (TPSA) is 83.5 Å². The lowest BCUT2D eigenvalue weighted by molar-refractivity contribution is -0.115. The first-order valence-corrected chi connectivity index (χ1v) is 7.89. The van der Waals surface area contributed by atoms with E-state index in [1.807, 2.05) is 17.5 Å². The fourth-order valence-electron chi connectivity index (χ4n) is 1.96. The quantitative estimate of drug-likeness (QED) is 0.842. The molecule has 1 aromatic carbocycles. The Hall–Kier alpha value is -2.38. The van der Waals surface area contributed by atoms with Crippen LogP contribution in [0.25, 0.3) is 17.2 Å². The van der Waals surface area contributed by atoms with Crippen molar-refractivity contribution >= 4 is 46.3 Å². The van der Waals surface area contributed by atoms with Gasteiger partial charge in [0.1, 0.15) is 0 Å². The Labute approximate surface area is 133 Å². The second kappa shape index (κ2) is 5.78. The lowest BCUT2D eigenvalue weighted by atomic mass is 10.1. The van der Waals surface area contributed by atoms with E-state index in [0.29, 0.717) is 4.91 Å². The van der Waals surface area contributed by atoms with Crippen LogP contribution in [0.4, 0.5) is 4.79 Å². The first-order valence-electron chi connectivity index (χ1n) is 6.20. The van der Waals surface area contributed by atoms with Crippen LogP contribution in [0, 0.1) is 0 Å². The summed E-state index contributed by atoms with van der Waals surface area (Å²) in [7, 11) is 0. The van der Waals surface area contributed by atoms with E-state index in [1.165, 1.54) is 17.4 Å². The van der Waals surface area contributed by atoms with E-state index in [4.69, 9.17) is 5.11 Å². The molecule has 1 fully saturated rings. The molecule has 3 rings (SSSR count). The zero-order chi connectivity index (χ0) is 15.7. The van der Waals surface area contributed by atoms with E-state index in [0.717, 1.165) is 27.8 Å². The van der Waals surface area contributed by atoms with Gasteiger partial charge in [-0.25, -0.2) is 4.79 Å². The van der Waals surface area contributed by atoms with Crippen molar-refractivity contribution < 1.29 is 19.5 Å². The molecular formula is C15H9NO4S2. The minimum absolute atomic E-state index is 0.222. The summed E-state index contributed by atoms with van der Waals surface area (Å²) in [6.45, 7) is 0. The summed E-state index contributed by atoms with van der Waals surface area (Å²) >= 11 is 2.29. The van der Waals surface area contributed by atoms with Crippen LogP contribution in [-0.4, -0.2) is 22.2 Å². The molecule has 1 saturated heterocycles. The molecule has 7 heteroatoms. The molecule has 2 N–H and O–H groups in total. The highest BCUT2D eigenvalue weighted by Gasteiger charge is 2.25. The number of amides is 2. The summed E-state index contributed by atoms with van der Waals surface area (Å²) in [5.41, 5.74) is 1.88. The third-order valence-corrected chi connectivity index (χ3v) is 4.67. The number of carbonyl (C=O) groups is 3. The van der Waals surface area contributed by atoms with Gasteiger partial charge in [0.05, 0.1) is 10.5 Å². The maximum absolute atomic E-state index is 11.5. The van der Waals surface area contributed by atoms with Crippen LogP contribution in [0.1, 0.15) is 15.2 Å². The number of imide groups is 1. The fourth-order valence-corrected chi connectivity index (χ4v) is 3.56. The predicted octanol–water partition coefficient (Wildman–Crippen LogP) is 3.44. The van der Waals surface area contributed by atoms with Gasteiger partial charge < -0.3 is 5.11 Å². The van der Waals surface area contributed by atoms with Crippen LogP contribution >= 0.6 is 23.1 Å². The molecule has 0 unspecified atom stereocenters. The molecule has 2 amide bonds. The third-order valence-electron chi connectivity index (χ3n) is 2.98. The highest BCUT2D eigenvalue weighted by molar-refractivity contribution is 8.18. The maximum Gasteiger partial charge on any atom is 0.335 e. The minimum atomic E-state index is -0.975. The summed E-state index contributed by atoms with van der Waals surface area (Å²) < 4.78 is 0. The van der Waals surface area contributed by atoms with Gasteiger partial charge in [0.2, 0.25) is 0 Å². The van der Waals surface area contributed by atoms with Crippen LogP contribution in [0.5, 0.6) is 0 Å². The van der Waals surface area contributed by atoms with Gasteiger partial charge in [-0.3, -0.25) is 14.9 Å².